The molecule has 0 aromatic heterocycles. The van der Waals surface area contributed by atoms with Gasteiger partial charge in [0.15, 0.2) is 11.5 Å². The van der Waals surface area contributed by atoms with Gasteiger partial charge < -0.3 is 14.4 Å². The number of likely N-dealkylation sites (tertiary alicyclic amines) is 1. The lowest BCUT2D eigenvalue weighted by Gasteiger charge is -2.30. The van der Waals surface area contributed by atoms with Gasteiger partial charge in [-0.15, -0.1) is 12.4 Å². The average molecular weight is 500 g/mol. The smallest absolute Gasteiger partial charge is 0.260 e. The van der Waals surface area contributed by atoms with Gasteiger partial charge in [0.1, 0.15) is 6.61 Å². The van der Waals surface area contributed by atoms with Crippen LogP contribution in [0.15, 0.2) is 24.3 Å². The molecule has 1 fully saturated rings. The molecule has 5 nitrogen and oxygen atoms in total. The normalized spacial score (nSPS) is 16.7. The third-order valence-electron chi connectivity index (χ3n) is 6.32. The number of hydrogen-bond donors (Lipinski definition) is 0. The summed E-state index contributed by atoms with van der Waals surface area (Å²) < 4.78 is 11.6. The molecule has 0 saturated carbocycles. The van der Waals surface area contributed by atoms with E-state index in [-0.39, 0.29) is 18.3 Å². The number of amides is 1. The van der Waals surface area contributed by atoms with Crippen LogP contribution in [-0.2, 0) is 6.54 Å². The van der Waals surface area contributed by atoms with E-state index in [2.05, 4.69) is 11.8 Å². The Balaban J connectivity index is 0.00000289. The maximum Gasteiger partial charge on any atom is 0.260 e. The van der Waals surface area contributed by atoms with Crippen molar-refractivity contribution in [3.05, 3.63) is 51.0 Å². The lowest BCUT2D eigenvalue weighted by Crippen LogP contribution is -2.35. The molecule has 0 bridgehead atoms. The molecular weight excluding hydrogens is 471 g/mol. The van der Waals surface area contributed by atoms with Crippen LogP contribution in [0.2, 0.25) is 10.0 Å². The highest BCUT2D eigenvalue weighted by molar-refractivity contribution is 6.39. The van der Waals surface area contributed by atoms with Crippen LogP contribution in [0, 0.1) is 12.8 Å². The van der Waals surface area contributed by atoms with Crippen molar-refractivity contribution in [2.24, 2.45) is 5.92 Å². The van der Waals surface area contributed by atoms with Gasteiger partial charge in [0, 0.05) is 23.3 Å². The molecule has 32 heavy (non-hydrogen) atoms. The summed E-state index contributed by atoms with van der Waals surface area (Å²) in [6.45, 7) is 8.24. The molecule has 174 valence electrons. The van der Waals surface area contributed by atoms with Gasteiger partial charge in [0.25, 0.3) is 5.91 Å². The second-order valence-corrected chi connectivity index (χ2v) is 9.22. The number of fused-ring (bicyclic) bond motifs is 1. The Morgan fingerprint density at radius 1 is 1.12 bits per heavy atom. The predicted octanol–water partition coefficient (Wildman–Crippen LogP) is 6.00. The molecule has 0 radical (unpaired) electrons. The number of carbonyl (C=O) groups is 1. The molecule has 2 aromatic carbocycles. The second kappa shape index (κ2) is 10.5. The lowest BCUT2D eigenvalue weighted by molar-refractivity contribution is 0.0996. The monoisotopic (exact) mass is 498 g/mol. The van der Waals surface area contributed by atoms with Crippen molar-refractivity contribution in [1.82, 2.24) is 4.90 Å². The Morgan fingerprint density at radius 2 is 1.84 bits per heavy atom. The average Bonchev–Trinajstić information content (AvgIpc) is 3.09. The standard InChI is InChI=1S/C24H28Cl2N2O3.ClH/c1-15-6-8-27(9-7-15)10-11-31-21-13-18(4-5-20(21)30-3)28-14-17-12-19(25)16(2)23(26)22(17)24(28)29;/h4-5,12-13,15H,6-11,14H2,1-3H3;1H. The van der Waals surface area contributed by atoms with Crippen LogP contribution in [0.5, 0.6) is 11.5 Å². The number of piperidine rings is 1. The number of ether oxygens (including phenoxy) is 2. The van der Waals surface area contributed by atoms with Crippen LogP contribution in [0.25, 0.3) is 0 Å². The Labute approximate surface area is 206 Å². The Bertz CT molecular complexity index is 991. The fraction of sp³-hybridized carbons (Fsp3) is 0.458. The fourth-order valence-corrected chi connectivity index (χ4v) is 4.80. The number of methoxy groups -OCH3 is 1. The van der Waals surface area contributed by atoms with E-state index < -0.39 is 0 Å². The second-order valence-electron chi connectivity index (χ2n) is 8.43. The van der Waals surface area contributed by atoms with Crippen molar-refractivity contribution >= 4 is 47.2 Å². The van der Waals surface area contributed by atoms with Gasteiger partial charge in [-0.2, -0.15) is 0 Å². The number of rotatable bonds is 6. The first kappa shape index (κ1) is 25.0. The number of nitrogens with zero attached hydrogens (tertiary/aromatic N) is 2. The van der Waals surface area contributed by atoms with E-state index >= 15 is 0 Å². The first-order valence-electron chi connectivity index (χ1n) is 10.7. The van der Waals surface area contributed by atoms with Gasteiger partial charge >= 0.3 is 0 Å². The molecule has 8 heteroatoms. The van der Waals surface area contributed by atoms with Crippen LogP contribution in [0.3, 0.4) is 0 Å². The van der Waals surface area contributed by atoms with E-state index in [9.17, 15) is 4.79 Å². The SMILES string of the molecule is COc1ccc(N2Cc3cc(Cl)c(C)c(Cl)c3C2=O)cc1OCCN1CCC(C)CC1.Cl. The topological polar surface area (TPSA) is 42.0 Å². The zero-order valence-electron chi connectivity index (χ0n) is 18.6. The molecule has 0 unspecified atom stereocenters. The molecule has 0 atom stereocenters. The number of hydrogen-bond acceptors (Lipinski definition) is 4. The highest BCUT2D eigenvalue weighted by Crippen LogP contribution is 2.40. The minimum atomic E-state index is -0.127. The summed E-state index contributed by atoms with van der Waals surface area (Å²) in [4.78, 5) is 17.2. The van der Waals surface area contributed by atoms with Gasteiger partial charge in [-0.05, 0) is 68.1 Å². The van der Waals surface area contributed by atoms with Crippen molar-refractivity contribution in [1.29, 1.82) is 0 Å². The summed E-state index contributed by atoms with van der Waals surface area (Å²) in [5.41, 5.74) is 2.83. The minimum Gasteiger partial charge on any atom is -0.493 e. The van der Waals surface area contributed by atoms with E-state index in [0.717, 1.165) is 42.4 Å². The zero-order valence-corrected chi connectivity index (χ0v) is 20.9. The maximum atomic E-state index is 13.1. The van der Waals surface area contributed by atoms with E-state index in [0.29, 0.717) is 40.3 Å². The summed E-state index contributed by atoms with van der Waals surface area (Å²) in [5, 5.41) is 1.00. The minimum absolute atomic E-state index is 0. The van der Waals surface area contributed by atoms with Crippen molar-refractivity contribution < 1.29 is 14.3 Å². The lowest BCUT2D eigenvalue weighted by atomic mass is 9.99. The highest BCUT2D eigenvalue weighted by atomic mass is 35.5. The molecular formula is C24H29Cl3N2O3. The van der Waals surface area contributed by atoms with E-state index in [1.807, 2.05) is 31.2 Å². The maximum absolute atomic E-state index is 13.1. The fourth-order valence-electron chi connectivity index (χ4n) is 4.22. The summed E-state index contributed by atoms with van der Waals surface area (Å²) in [5.74, 6) is 1.97. The molecule has 0 N–H and O–H groups in total. The van der Waals surface area contributed by atoms with Gasteiger partial charge in [0.05, 0.1) is 24.2 Å². The molecule has 2 aliphatic heterocycles. The number of halogens is 3. The molecule has 0 aliphatic carbocycles. The largest absolute Gasteiger partial charge is 0.493 e. The van der Waals surface area contributed by atoms with Crippen molar-refractivity contribution in [3.63, 3.8) is 0 Å². The summed E-state index contributed by atoms with van der Waals surface area (Å²) in [6.07, 6.45) is 2.48. The predicted molar refractivity (Wildman–Crippen MR) is 132 cm³/mol. The summed E-state index contributed by atoms with van der Waals surface area (Å²) in [6, 6.07) is 7.40. The van der Waals surface area contributed by atoms with Crippen molar-refractivity contribution in [2.75, 3.05) is 38.3 Å². The number of carbonyl (C=O) groups excluding carboxylic acids is 1. The molecule has 2 aliphatic rings. The van der Waals surface area contributed by atoms with Crippen LogP contribution >= 0.6 is 35.6 Å². The Morgan fingerprint density at radius 3 is 2.53 bits per heavy atom. The van der Waals surface area contributed by atoms with Gasteiger partial charge in [-0.25, -0.2) is 0 Å². The molecule has 4 rings (SSSR count). The van der Waals surface area contributed by atoms with Crippen LogP contribution < -0.4 is 14.4 Å². The van der Waals surface area contributed by atoms with Gasteiger partial charge in [0.2, 0.25) is 0 Å². The molecule has 0 spiro atoms. The molecule has 1 saturated heterocycles. The van der Waals surface area contributed by atoms with E-state index in [1.54, 1.807) is 12.0 Å². The third kappa shape index (κ3) is 4.96. The Kier molecular flexibility index (Phi) is 8.21. The van der Waals surface area contributed by atoms with Crippen LogP contribution in [0.1, 0.15) is 41.3 Å². The van der Waals surface area contributed by atoms with E-state index in [1.165, 1.54) is 12.8 Å². The zero-order chi connectivity index (χ0) is 22.1. The van der Waals surface area contributed by atoms with Gasteiger partial charge in [-0.3, -0.25) is 9.69 Å². The molecule has 2 heterocycles. The van der Waals surface area contributed by atoms with Crippen LogP contribution in [-0.4, -0.2) is 44.2 Å². The van der Waals surface area contributed by atoms with Crippen molar-refractivity contribution in [3.8, 4) is 11.5 Å². The number of benzene rings is 2. The van der Waals surface area contributed by atoms with Crippen molar-refractivity contribution in [2.45, 2.75) is 33.2 Å². The van der Waals surface area contributed by atoms with E-state index in [4.69, 9.17) is 32.7 Å². The molecule has 1 amide bonds. The summed E-state index contributed by atoms with van der Waals surface area (Å²) in [7, 11) is 1.62. The summed E-state index contributed by atoms with van der Waals surface area (Å²) >= 11 is 12.7. The molecule has 2 aromatic rings. The first-order chi connectivity index (χ1) is 14.9. The third-order valence-corrected chi connectivity index (χ3v) is 7.18. The number of anilines is 1. The highest BCUT2D eigenvalue weighted by Gasteiger charge is 2.32. The van der Waals surface area contributed by atoms with Gasteiger partial charge in [-0.1, -0.05) is 30.1 Å². The quantitative estimate of drug-likeness (QED) is 0.488. The first-order valence-corrected chi connectivity index (χ1v) is 11.5. The van der Waals surface area contributed by atoms with Crippen LogP contribution in [0.4, 0.5) is 5.69 Å². The Hall–Kier alpha value is -1.66.